The average Bonchev–Trinajstić information content (AvgIpc) is 2.96. The molecule has 1 unspecified atom stereocenters. The highest BCUT2D eigenvalue weighted by Crippen LogP contribution is 2.43. The molecule has 0 heterocycles. The minimum Gasteiger partial charge on any atom is -0.468 e. The van der Waals surface area contributed by atoms with Gasteiger partial charge in [0.1, 0.15) is 12.6 Å². The maximum absolute atomic E-state index is 13.3. The molecule has 2 N–H and O–H groups in total. The maximum Gasteiger partial charge on any atom is 0.325 e. The summed E-state index contributed by atoms with van der Waals surface area (Å²) < 4.78 is 4.61. The van der Waals surface area contributed by atoms with Gasteiger partial charge in [0.2, 0.25) is 11.8 Å². The molecule has 3 aromatic carbocycles. The van der Waals surface area contributed by atoms with E-state index < -0.39 is 23.3 Å². The molecule has 3 aromatic rings. The standard InChI is InChI=1S/C31H36N2O4/c1-4-23(2)29(30(36)32-22-28(35)37-3)33-27(34)20-21-31(24-14-8-5-9-15-24,25-16-10-6-11-17-25)26-18-12-7-13-19-26/h5-19,23,29H,4,20-22H2,1-3H3,(H,32,36)(H,33,34)/t23?,29-/m0/s1. The minimum absolute atomic E-state index is 0.108. The molecule has 6 heteroatoms. The monoisotopic (exact) mass is 500 g/mol. The largest absolute Gasteiger partial charge is 0.468 e. The van der Waals surface area contributed by atoms with Crippen LogP contribution < -0.4 is 10.6 Å². The molecule has 3 rings (SSSR count). The zero-order valence-electron chi connectivity index (χ0n) is 21.8. The molecule has 37 heavy (non-hydrogen) atoms. The number of rotatable bonds is 12. The van der Waals surface area contributed by atoms with Crippen molar-refractivity contribution < 1.29 is 19.1 Å². The first kappa shape index (κ1) is 27.7. The van der Waals surface area contributed by atoms with Crippen LogP contribution in [0.25, 0.3) is 0 Å². The highest BCUT2D eigenvalue weighted by atomic mass is 16.5. The molecular weight excluding hydrogens is 464 g/mol. The van der Waals surface area contributed by atoms with Gasteiger partial charge in [0.15, 0.2) is 0 Å². The number of esters is 1. The second kappa shape index (κ2) is 13.4. The van der Waals surface area contributed by atoms with Gasteiger partial charge in [-0.15, -0.1) is 0 Å². The Hall–Kier alpha value is -3.93. The van der Waals surface area contributed by atoms with E-state index in [0.29, 0.717) is 12.8 Å². The lowest BCUT2D eigenvalue weighted by molar-refractivity contribution is -0.141. The van der Waals surface area contributed by atoms with Gasteiger partial charge in [-0.25, -0.2) is 0 Å². The summed E-state index contributed by atoms with van der Waals surface area (Å²) in [6, 6.07) is 29.9. The van der Waals surface area contributed by atoms with Gasteiger partial charge in [0.05, 0.1) is 7.11 Å². The lowest BCUT2D eigenvalue weighted by Gasteiger charge is -2.36. The summed E-state index contributed by atoms with van der Waals surface area (Å²) in [6.45, 7) is 3.63. The Kier molecular flexibility index (Phi) is 10.0. The van der Waals surface area contributed by atoms with Gasteiger partial charge in [-0.2, -0.15) is 0 Å². The Morgan fingerprint density at radius 2 is 1.27 bits per heavy atom. The first-order chi connectivity index (χ1) is 17.9. The van der Waals surface area contributed by atoms with E-state index in [1.54, 1.807) is 0 Å². The van der Waals surface area contributed by atoms with Crippen LogP contribution in [0.15, 0.2) is 91.0 Å². The molecule has 6 nitrogen and oxygen atoms in total. The summed E-state index contributed by atoms with van der Waals surface area (Å²) in [7, 11) is 1.26. The first-order valence-electron chi connectivity index (χ1n) is 12.7. The minimum atomic E-state index is -0.748. The zero-order valence-corrected chi connectivity index (χ0v) is 21.8. The van der Waals surface area contributed by atoms with Crippen LogP contribution in [0.4, 0.5) is 0 Å². The van der Waals surface area contributed by atoms with Crippen molar-refractivity contribution in [2.24, 2.45) is 5.92 Å². The third-order valence-electron chi connectivity index (χ3n) is 6.97. The third-order valence-corrected chi connectivity index (χ3v) is 6.97. The van der Waals surface area contributed by atoms with E-state index in [1.807, 2.05) is 68.4 Å². The summed E-state index contributed by atoms with van der Waals surface area (Å²) in [4.78, 5) is 37.7. The van der Waals surface area contributed by atoms with Crippen molar-refractivity contribution in [1.29, 1.82) is 0 Å². The molecule has 0 aliphatic rings. The molecule has 0 radical (unpaired) electrons. The fourth-order valence-corrected chi connectivity index (χ4v) is 4.69. The number of amides is 2. The van der Waals surface area contributed by atoms with Crippen molar-refractivity contribution in [3.63, 3.8) is 0 Å². The Morgan fingerprint density at radius 1 is 0.811 bits per heavy atom. The van der Waals surface area contributed by atoms with Gasteiger partial charge >= 0.3 is 5.97 Å². The van der Waals surface area contributed by atoms with Crippen LogP contribution in [0.5, 0.6) is 0 Å². The van der Waals surface area contributed by atoms with E-state index in [-0.39, 0.29) is 24.8 Å². The summed E-state index contributed by atoms with van der Waals surface area (Å²) in [5.74, 6) is -1.26. The van der Waals surface area contributed by atoms with Gasteiger partial charge in [0.25, 0.3) is 0 Å². The number of methoxy groups -OCH3 is 1. The van der Waals surface area contributed by atoms with Crippen molar-refractivity contribution >= 4 is 17.8 Å². The van der Waals surface area contributed by atoms with E-state index in [4.69, 9.17) is 0 Å². The highest BCUT2D eigenvalue weighted by Gasteiger charge is 2.37. The Balaban J connectivity index is 1.90. The van der Waals surface area contributed by atoms with Crippen LogP contribution in [0, 0.1) is 5.92 Å². The molecule has 0 aliphatic heterocycles. The number of ether oxygens (including phenoxy) is 1. The maximum atomic E-state index is 13.3. The number of hydrogen-bond acceptors (Lipinski definition) is 4. The molecule has 0 aromatic heterocycles. The van der Waals surface area contributed by atoms with E-state index in [0.717, 1.165) is 16.7 Å². The van der Waals surface area contributed by atoms with Crippen LogP contribution in [-0.2, 0) is 24.5 Å². The number of hydrogen-bond donors (Lipinski definition) is 2. The predicted octanol–water partition coefficient (Wildman–Crippen LogP) is 4.62. The van der Waals surface area contributed by atoms with Gasteiger partial charge in [0, 0.05) is 11.8 Å². The summed E-state index contributed by atoms with van der Waals surface area (Å²) in [6.07, 6.45) is 1.41. The smallest absolute Gasteiger partial charge is 0.325 e. The van der Waals surface area contributed by atoms with E-state index in [9.17, 15) is 14.4 Å². The Labute approximate surface area is 219 Å². The molecule has 0 fully saturated rings. The fourth-order valence-electron chi connectivity index (χ4n) is 4.69. The predicted molar refractivity (Wildman–Crippen MR) is 145 cm³/mol. The van der Waals surface area contributed by atoms with E-state index in [1.165, 1.54) is 7.11 Å². The van der Waals surface area contributed by atoms with Crippen molar-refractivity contribution in [2.75, 3.05) is 13.7 Å². The topological polar surface area (TPSA) is 84.5 Å². The summed E-state index contributed by atoms with van der Waals surface area (Å²) in [5, 5.41) is 5.51. The summed E-state index contributed by atoms with van der Waals surface area (Å²) >= 11 is 0. The van der Waals surface area contributed by atoms with Gasteiger partial charge in [-0.3, -0.25) is 14.4 Å². The van der Waals surface area contributed by atoms with Gasteiger partial charge in [-0.05, 0) is 29.0 Å². The normalized spacial score (nSPS) is 12.7. The van der Waals surface area contributed by atoms with Crippen molar-refractivity contribution in [1.82, 2.24) is 10.6 Å². The van der Waals surface area contributed by atoms with Crippen molar-refractivity contribution in [3.8, 4) is 0 Å². The molecule has 0 bridgehead atoms. The number of benzene rings is 3. The molecule has 2 atom stereocenters. The summed E-state index contributed by atoms with van der Waals surface area (Å²) in [5.41, 5.74) is 2.72. The quantitative estimate of drug-likeness (QED) is 0.281. The fraction of sp³-hybridized carbons (Fsp3) is 0.323. The number of carbonyl (C=O) groups is 3. The second-order valence-electron chi connectivity index (χ2n) is 9.23. The molecule has 0 spiro atoms. The van der Waals surface area contributed by atoms with E-state index in [2.05, 4.69) is 51.8 Å². The van der Waals surface area contributed by atoms with Crippen LogP contribution in [0.2, 0.25) is 0 Å². The lowest BCUT2D eigenvalue weighted by Crippen LogP contribution is -2.51. The molecule has 2 amide bonds. The molecule has 194 valence electrons. The molecule has 0 saturated heterocycles. The molecular formula is C31H36N2O4. The Bertz CT molecular complexity index is 1050. The molecule has 0 saturated carbocycles. The Morgan fingerprint density at radius 3 is 1.68 bits per heavy atom. The van der Waals surface area contributed by atoms with Crippen molar-refractivity contribution in [2.45, 2.75) is 44.6 Å². The lowest BCUT2D eigenvalue weighted by atomic mass is 9.66. The van der Waals surface area contributed by atoms with Gasteiger partial charge < -0.3 is 15.4 Å². The number of carbonyl (C=O) groups excluding carboxylic acids is 3. The second-order valence-corrected chi connectivity index (χ2v) is 9.23. The highest BCUT2D eigenvalue weighted by molar-refractivity contribution is 5.90. The first-order valence-corrected chi connectivity index (χ1v) is 12.7. The van der Waals surface area contributed by atoms with Crippen LogP contribution in [-0.4, -0.2) is 37.5 Å². The average molecular weight is 501 g/mol. The van der Waals surface area contributed by atoms with Gasteiger partial charge in [-0.1, -0.05) is 111 Å². The van der Waals surface area contributed by atoms with Crippen molar-refractivity contribution in [3.05, 3.63) is 108 Å². The van der Waals surface area contributed by atoms with E-state index >= 15 is 0 Å². The zero-order chi connectivity index (χ0) is 26.7. The number of nitrogens with one attached hydrogen (secondary N) is 2. The van der Waals surface area contributed by atoms with Crippen LogP contribution in [0.3, 0.4) is 0 Å². The van der Waals surface area contributed by atoms with Crippen LogP contribution >= 0.6 is 0 Å². The third kappa shape index (κ3) is 6.85. The molecule has 0 aliphatic carbocycles. The SMILES string of the molecule is CCC(C)[C@H](NC(=O)CCC(c1ccccc1)(c1ccccc1)c1ccccc1)C(=O)NCC(=O)OC. The van der Waals surface area contributed by atoms with Crippen LogP contribution in [0.1, 0.15) is 49.8 Å².